The summed E-state index contributed by atoms with van der Waals surface area (Å²) in [6, 6.07) is 0. The lowest BCUT2D eigenvalue weighted by molar-refractivity contribution is -0.119. The third kappa shape index (κ3) is 5.99. The molecule has 1 atom stereocenters. The van der Waals surface area contributed by atoms with Crippen LogP contribution in [0.15, 0.2) is 6.33 Å². The molecule has 4 heteroatoms. The SMILES string of the molecule is CCCn1ncnc1CC(=O)CC(C)CC(C)(C)C. The Balaban J connectivity index is 2.48. The second-order valence-corrected chi connectivity index (χ2v) is 6.69. The Bertz CT molecular complexity index is 404. The topological polar surface area (TPSA) is 47.8 Å². The molecule has 108 valence electrons. The molecule has 0 aliphatic carbocycles. The molecule has 0 aliphatic heterocycles. The molecule has 1 rings (SSSR count). The maximum atomic E-state index is 12.1. The van der Waals surface area contributed by atoms with Crippen molar-refractivity contribution in [2.75, 3.05) is 0 Å². The van der Waals surface area contributed by atoms with Crippen LogP contribution in [0.4, 0.5) is 0 Å². The molecule has 0 fully saturated rings. The number of aromatic nitrogens is 3. The molecule has 1 unspecified atom stereocenters. The first-order chi connectivity index (χ1) is 8.81. The van der Waals surface area contributed by atoms with Crippen molar-refractivity contribution < 1.29 is 4.79 Å². The largest absolute Gasteiger partial charge is 0.299 e. The summed E-state index contributed by atoms with van der Waals surface area (Å²) in [4.78, 5) is 16.3. The van der Waals surface area contributed by atoms with Crippen molar-refractivity contribution in [3.05, 3.63) is 12.2 Å². The van der Waals surface area contributed by atoms with Gasteiger partial charge in [-0.15, -0.1) is 0 Å². The first-order valence-electron chi connectivity index (χ1n) is 7.20. The van der Waals surface area contributed by atoms with E-state index >= 15 is 0 Å². The van der Waals surface area contributed by atoms with Crippen molar-refractivity contribution in [3.8, 4) is 0 Å². The van der Waals surface area contributed by atoms with Gasteiger partial charge < -0.3 is 0 Å². The van der Waals surface area contributed by atoms with Gasteiger partial charge in [0.15, 0.2) is 0 Å². The fourth-order valence-electron chi connectivity index (χ4n) is 2.58. The van der Waals surface area contributed by atoms with Crippen LogP contribution in [0.5, 0.6) is 0 Å². The van der Waals surface area contributed by atoms with Crippen molar-refractivity contribution in [2.24, 2.45) is 11.3 Å². The number of Topliss-reactive ketones (excluding diaryl/α,β-unsaturated/α-hetero) is 1. The van der Waals surface area contributed by atoms with Gasteiger partial charge in [-0.3, -0.25) is 4.79 Å². The van der Waals surface area contributed by atoms with E-state index in [-0.39, 0.29) is 11.2 Å². The summed E-state index contributed by atoms with van der Waals surface area (Å²) in [6.07, 6.45) is 4.66. The van der Waals surface area contributed by atoms with E-state index in [0.29, 0.717) is 18.8 Å². The molecule has 0 aromatic carbocycles. The summed E-state index contributed by atoms with van der Waals surface area (Å²) in [5, 5.41) is 4.15. The van der Waals surface area contributed by atoms with Gasteiger partial charge in [-0.25, -0.2) is 9.67 Å². The number of carbonyl (C=O) groups excluding carboxylic acids is 1. The minimum Gasteiger partial charge on any atom is -0.299 e. The molecule has 0 N–H and O–H groups in total. The van der Waals surface area contributed by atoms with E-state index in [1.807, 2.05) is 4.68 Å². The molecule has 1 aromatic rings. The van der Waals surface area contributed by atoms with Gasteiger partial charge >= 0.3 is 0 Å². The maximum Gasteiger partial charge on any atom is 0.140 e. The summed E-state index contributed by atoms with van der Waals surface area (Å²) in [7, 11) is 0. The lowest BCUT2D eigenvalue weighted by Gasteiger charge is -2.22. The van der Waals surface area contributed by atoms with Gasteiger partial charge in [0.05, 0.1) is 6.42 Å². The smallest absolute Gasteiger partial charge is 0.140 e. The van der Waals surface area contributed by atoms with E-state index in [0.717, 1.165) is 25.2 Å². The van der Waals surface area contributed by atoms with Crippen LogP contribution in [-0.4, -0.2) is 20.5 Å². The number of aryl methyl sites for hydroxylation is 1. The molecule has 0 spiro atoms. The molecular weight excluding hydrogens is 238 g/mol. The van der Waals surface area contributed by atoms with Crippen molar-refractivity contribution in [1.29, 1.82) is 0 Å². The quantitative estimate of drug-likeness (QED) is 0.760. The molecule has 0 bridgehead atoms. The highest BCUT2D eigenvalue weighted by molar-refractivity contribution is 5.80. The molecule has 0 radical (unpaired) electrons. The Morgan fingerprint density at radius 1 is 1.42 bits per heavy atom. The van der Waals surface area contributed by atoms with Gasteiger partial charge in [0.25, 0.3) is 0 Å². The van der Waals surface area contributed by atoms with E-state index < -0.39 is 0 Å². The van der Waals surface area contributed by atoms with Crippen LogP contribution >= 0.6 is 0 Å². The highest BCUT2D eigenvalue weighted by atomic mass is 16.1. The first-order valence-corrected chi connectivity index (χ1v) is 7.20. The number of ketones is 1. The number of carbonyl (C=O) groups is 1. The summed E-state index contributed by atoms with van der Waals surface area (Å²) >= 11 is 0. The average molecular weight is 265 g/mol. The average Bonchev–Trinajstić information content (AvgIpc) is 2.62. The lowest BCUT2D eigenvalue weighted by atomic mass is 9.83. The first kappa shape index (κ1) is 15.9. The summed E-state index contributed by atoms with van der Waals surface area (Å²) < 4.78 is 1.84. The van der Waals surface area contributed by atoms with Crippen LogP contribution in [-0.2, 0) is 17.8 Å². The number of nitrogens with zero attached hydrogens (tertiary/aromatic N) is 3. The third-order valence-corrected chi connectivity index (χ3v) is 3.02. The second-order valence-electron chi connectivity index (χ2n) is 6.69. The second kappa shape index (κ2) is 6.83. The van der Waals surface area contributed by atoms with E-state index in [1.165, 1.54) is 6.33 Å². The van der Waals surface area contributed by atoms with Gasteiger partial charge in [-0.2, -0.15) is 5.10 Å². The fraction of sp³-hybridized carbons (Fsp3) is 0.800. The number of hydrogen-bond acceptors (Lipinski definition) is 3. The molecule has 1 aromatic heterocycles. The fourth-order valence-corrected chi connectivity index (χ4v) is 2.58. The zero-order valence-corrected chi connectivity index (χ0v) is 12.9. The Labute approximate surface area is 116 Å². The number of hydrogen-bond donors (Lipinski definition) is 0. The number of rotatable bonds is 7. The van der Waals surface area contributed by atoms with Gasteiger partial charge in [0.2, 0.25) is 0 Å². The van der Waals surface area contributed by atoms with E-state index in [2.05, 4.69) is 44.7 Å². The van der Waals surface area contributed by atoms with Crippen LogP contribution in [0.3, 0.4) is 0 Å². The van der Waals surface area contributed by atoms with Crippen LogP contribution < -0.4 is 0 Å². The molecule has 1 heterocycles. The summed E-state index contributed by atoms with van der Waals surface area (Å²) in [6.45, 7) is 11.7. The van der Waals surface area contributed by atoms with Gasteiger partial charge in [0, 0.05) is 13.0 Å². The molecule has 0 saturated heterocycles. The third-order valence-electron chi connectivity index (χ3n) is 3.02. The minimum absolute atomic E-state index is 0.266. The van der Waals surface area contributed by atoms with E-state index in [1.54, 1.807) is 0 Å². The summed E-state index contributed by atoms with van der Waals surface area (Å²) in [5.41, 5.74) is 0.280. The lowest BCUT2D eigenvalue weighted by Crippen LogP contribution is -2.17. The Morgan fingerprint density at radius 3 is 2.68 bits per heavy atom. The highest BCUT2D eigenvalue weighted by Gasteiger charge is 2.18. The minimum atomic E-state index is 0.266. The zero-order chi connectivity index (χ0) is 14.5. The molecule has 0 saturated carbocycles. The molecule has 19 heavy (non-hydrogen) atoms. The van der Waals surface area contributed by atoms with Gasteiger partial charge in [-0.1, -0.05) is 34.6 Å². The molecule has 0 amide bonds. The van der Waals surface area contributed by atoms with Gasteiger partial charge in [0.1, 0.15) is 17.9 Å². The Morgan fingerprint density at radius 2 is 2.11 bits per heavy atom. The molecular formula is C15H27N3O. The van der Waals surface area contributed by atoms with Crippen LogP contribution in [0, 0.1) is 11.3 Å². The van der Waals surface area contributed by atoms with E-state index in [4.69, 9.17) is 0 Å². The monoisotopic (exact) mass is 265 g/mol. The Kier molecular flexibility index (Phi) is 5.70. The van der Waals surface area contributed by atoms with Crippen molar-refractivity contribution in [2.45, 2.75) is 66.8 Å². The van der Waals surface area contributed by atoms with Gasteiger partial charge in [-0.05, 0) is 24.2 Å². The van der Waals surface area contributed by atoms with Crippen molar-refractivity contribution in [1.82, 2.24) is 14.8 Å². The highest BCUT2D eigenvalue weighted by Crippen LogP contribution is 2.26. The van der Waals surface area contributed by atoms with Crippen LogP contribution in [0.25, 0.3) is 0 Å². The van der Waals surface area contributed by atoms with Crippen LogP contribution in [0.2, 0.25) is 0 Å². The predicted molar refractivity (Wildman–Crippen MR) is 76.9 cm³/mol. The molecule has 0 aliphatic rings. The molecule has 4 nitrogen and oxygen atoms in total. The zero-order valence-electron chi connectivity index (χ0n) is 12.9. The summed E-state index contributed by atoms with van der Waals surface area (Å²) in [5.74, 6) is 1.49. The maximum absolute atomic E-state index is 12.1. The Hall–Kier alpha value is -1.19. The van der Waals surface area contributed by atoms with Crippen LogP contribution in [0.1, 0.15) is 59.7 Å². The predicted octanol–water partition coefficient (Wildman–Crippen LogP) is 3.26. The standard InChI is InChI=1S/C15H27N3O/c1-6-7-18-14(16-11-17-18)9-13(19)8-12(2)10-15(3,4)5/h11-12H,6-10H2,1-5H3. The van der Waals surface area contributed by atoms with E-state index in [9.17, 15) is 4.79 Å². The van der Waals surface area contributed by atoms with Crippen molar-refractivity contribution in [3.63, 3.8) is 0 Å². The normalized spacial score (nSPS) is 13.5. The van der Waals surface area contributed by atoms with Crippen molar-refractivity contribution >= 4 is 5.78 Å².